The summed E-state index contributed by atoms with van der Waals surface area (Å²) in [5, 5.41) is 20.0. The Bertz CT molecular complexity index is 1340. The fraction of sp³-hybridized carbons (Fsp3) is 0.276. The standard InChI is InChI=1S/C29H26ClFN2O3/c1-18-26-13-24(34)4-7-27(26)36-29(28(18)22-10-19(15-32)11-23(30)12-22)21-2-5-25(6-3-21)35-9-8-33-16-20(14-31)17-33/h2-7,10-13,20,29,34H,8-9,14,16-17H2,1H3/t29-/m0/s1. The highest BCUT2D eigenvalue weighted by Gasteiger charge is 2.30. The van der Waals surface area contributed by atoms with Crippen molar-refractivity contribution in [3.63, 3.8) is 0 Å². The summed E-state index contributed by atoms with van der Waals surface area (Å²) < 4.78 is 25.0. The van der Waals surface area contributed by atoms with Crippen molar-refractivity contribution in [2.45, 2.75) is 13.0 Å². The summed E-state index contributed by atoms with van der Waals surface area (Å²) in [4.78, 5) is 2.18. The smallest absolute Gasteiger partial charge is 0.150 e. The van der Waals surface area contributed by atoms with Gasteiger partial charge >= 0.3 is 0 Å². The highest BCUT2D eigenvalue weighted by Crippen LogP contribution is 2.47. The number of aromatic hydroxyl groups is 1. The lowest BCUT2D eigenvalue weighted by Gasteiger charge is -2.37. The topological polar surface area (TPSA) is 65.7 Å². The molecule has 1 fully saturated rings. The third-order valence-corrected chi connectivity index (χ3v) is 6.94. The molecule has 0 radical (unpaired) electrons. The first-order valence-corrected chi connectivity index (χ1v) is 12.3. The minimum Gasteiger partial charge on any atom is -0.508 e. The number of phenolic OH excluding ortho intramolecular Hbond substituents is 1. The summed E-state index contributed by atoms with van der Waals surface area (Å²) in [5.41, 5.74) is 4.77. The second-order valence-corrected chi connectivity index (χ2v) is 9.69. The van der Waals surface area contributed by atoms with Crippen LogP contribution in [0.15, 0.2) is 60.7 Å². The summed E-state index contributed by atoms with van der Waals surface area (Å²) in [5.74, 6) is 1.74. The number of hydrogen-bond acceptors (Lipinski definition) is 5. The average Bonchev–Trinajstić information content (AvgIpc) is 2.85. The van der Waals surface area contributed by atoms with Crippen molar-refractivity contribution >= 4 is 22.7 Å². The third-order valence-electron chi connectivity index (χ3n) is 6.73. The van der Waals surface area contributed by atoms with E-state index in [1.165, 1.54) is 0 Å². The van der Waals surface area contributed by atoms with Crippen LogP contribution < -0.4 is 9.47 Å². The van der Waals surface area contributed by atoms with Gasteiger partial charge in [0.1, 0.15) is 30.0 Å². The molecule has 3 aromatic carbocycles. The maximum atomic E-state index is 12.6. The quantitative estimate of drug-likeness (QED) is 0.411. The van der Waals surface area contributed by atoms with Crippen LogP contribution in [0.3, 0.4) is 0 Å². The van der Waals surface area contributed by atoms with Gasteiger partial charge < -0.3 is 14.6 Å². The van der Waals surface area contributed by atoms with E-state index in [2.05, 4.69) is 11.0 Å². The van der Waals surface area contributed by atoms with Gasteiger partial charge in [-0.1, -0.05) is 23.7 Å². The van der Waals surface area contributed by atoms with E-state index in [4.69, 9.17) is 21.1 Å². The van der Waals surface area contributed by atoms with Crippen LogP contribution in [0.4, 0.5) is 4.39 Å². The first-order valence-electron chi connectivity index (χ1n) is 11.9. The van der Waals surface area contributed by atoms with Gasteiger partial charge in [0.05, 0.1) is 18.3 Å². The number of allylic oxidation sites excluding steroid dienone is 1. The van der Waals surface area contributed by atoms with Crippen LogP contribution in [0.25, 0.3) is 11.1 Å². The van der Waals surface area contributed by atoms with E-state index < -0.39 is 6.10 Å². The number of fused-ring (bicyclic) bond motifs is 1. The molecule has 0 amide bonds. The maximum Gasteiger partial charge on any atom is 0.150 e. The Kier molecular flexibility index (Phi) is 6.86. The summed E-state index contributed by atoms with van der Waals surface area (Å²) in [7, 11) is 0. The van der Waals surface area contributed by atoms with Gasteiger partial charge in [-0.2, -0.15) is 5.26 Å². The Morgan fingerprint density at radius 3 is 2.64 bits per heavy atom. The Hall–Kier alpha value is -3.53. The van der Waals surface area contributed by atoms with Gasteiger partial charge in [-0.3, -0.25) is 9.29 Å². The third kappa shape index (κ3) is 4.90. The van der Waals surface area contributed by atoms with Gasteiger partial charge in [0.25, 0.3) is 0 Å². The second kappa shape index (κ2) is 10.2. The van der Waals surface area contributed by atoms with Crippen LogP contribution in [0, 0.1) is 17.2 Å². The summed E-state index contributed by atoms with van der Waals surface area (Å²) in [6.07, 6.45) is -0.445. The minimum atomic E-state index is -0.445. The number of nitriles is 1. The Morgan fingerprint density at radius 2 is 1.92 bits per heavy atom. The van der Waals surface area contributed by atoms with Crippen LogP contribution in [0.5, 0.6) is 17.2 Å². The molecule has 0 bridgehead atoms. The molecule has 184 valence electrons. The normalized spacial score (nSPS) is 17.7. The molecule has 3 aromatic rings. The lowest BCUT2D eigenvalue weighted by molar-refractivity contribution is 0.0668. The van der Waals surface area contributed by atoms with Crippen molar-refractivity contribution < 1.29 is 19.0 Å². The predicted molar refractivity (Wildman–Crippen MR) is 138 cm³/mol. The van der Waals surface area contributed by atoms with E-state index in [0.29, 0.717) is 22.9 Å². The van der Waals surface area contributed by atoms with Gasteiger partial charge in [0.15, 0.2) is 0 Å². The number of likely N-dealkylation sites (tertiary alicyclic amines) is 1. The Morgan fingerprint density at radius 1 is 1.14 bits per heavy atom. The molecule has 1 atom stereocenters. The predicted octanol–water partition coefficient (Wildman–Crippen LogP) is 6.26. The molecule has 5 rings (SSSR count). The van der Waals surface area contributed by atoms with E-state index in [0.717, 1.165) is 53.2 Å². The molecular weight excluding hydrogens is 479 g/mol. The second-order valence-electron chi connectivity index (χ2n) is 9.25. The van der Waals surface area contributed by atoms with Crippen molar-refractivity contribution in [1.29, 1.82) is 5.26 Å². The van der Waals surface area contributed by atoms with Gasteiger partial charge in [-0.25, -0.2) is 0 Å². The molecule has 2 aliphatic rings. The van der Waals surface area contributed by atoms with Crippen molar-refractivity contribution in [1.82, 2.24) is 4.90 Å². The molecule has 2 heterocycles. The van der Waals surface area contributed by atoms with Gasteiger partial charge in [-0.15, -0.1) is 0 Å². The number of ether oxygens (including phenoxy) is 2. The molecule has 1 N–H and O–H groups in total. The van der Waals surface area contributed by atoms with Crippen LogP contribution >= 0.6 is 11.6 Å². The SMILES string of the molecule is CC1=C(c2cc(Cl)cc(C#N)c2)[C@H](c2ccc(OCCN3CC(CF)C3)cc2)Oc2ccc(O)cc21. The number of nitrogens with zero attached hydrogens (tertiary/aromatic N) is 2. The van der Waals surface area contributed by atoms with Crippen molar-refractivity contribution in [2.24, 2.45) is 5.92 Å². The zero-order valence-electron chi connectivity index (χ0n) is 19.9. The fourth-order valence-electron chi connectivity index (χ4n) is 4.84. The van der Waals surface area contributed by atoms with Crippen LogP contribution in [0.2, 0.25) is 5.02 Å². The minimum absolute atomic E-state index is 0.151. The highest BCUT2D eigenvalue weighted by molar-refractivity contribution is 6.31. The number of phenols is 1. The number of halogens is 2. The molecule has 1 saturated heterocycles. The molecule has 5 nitrogen and oxygen atoms in total. The first-order chi connectivity index (χ1) is 17.4. The molecule has 2 aliphatic heterocycles. The van der Waals surface area contributed by atoms with Crippen molar-refractivity contribution in [3.8, 4) is 23.3 Å². The maximum absolute atomic E-state index is 12.6. The molecular formula is C29H26ClFN2O3. The first kappa shape index (κ1) is 24.2. The average molecular weight is 505 g/mol. The van der Waals surface area contributed by atoms with Gasteiger partial charge in [0, 0.05) is 41.7 Å². The summed E-state index contributed by atoms with van der Waals surface area (Å²) in [6.45, 7) is 4.63. The largest absolute Gasteiger partial charge is 0.508 e. The van der Waals surface area contributed by atoms with E-state index in [1.807, 2.05) is 37.3 Å². The van der Waals surface area contributed by atoms with Gasteiger partial charge in [-0.05, 0) is 72.2 Å². The Labute approximate surface area is 215 Å². The number of alkyl halides is 1. The highest BCUT2D eigenvalue weighted by atomic mass is 35.5. The Balaban J connectivity index is 1.42. The number of hydrogen-bond donors (Lipinski definition) is 1. The molecule has 0 aliphatic carbocycles. The summed E-state index contributed by atoms with van der Waals surface area (Å²) >= 11 is 6.34. The number of benzene rings is 3. The van der Waals surface area contributed by atoms with E-state index in [9.17, 15) is 14.8 Å². The zero-order valence-corrected chi connectivity index (χ0v) is 20.6. The molecule has 0 spiro atoms. The lowest BCUT2D eigenvalue weighted by Crippen LogP contribution is -2.49. The van der Waals surface area contributed by atoms with Crippen molar-refractivity contribution in [3.05, 3.63) is 87.9 Å². The molecule has 7 heteroatoms. The van der Waals surface area contributed by atoms with E-state index in [-0.39, 0.29) is 18.3 Å². The number of rotatable bonds is 7. The van der Waals surface area contributed by atoms with Crippen molar-refractivity contribution in [2.75, 3.05) is 32.9 Å². The zero-order chi connectivity index (χ0) is 25.2. The van der Waals surface area contributed by atoms with Crippen LogP contribution in [-0.4, -0.2) is 42.9 Å². The van der Waals surface area contributed by atoms with Gasteiger partial charge in [0.2, 0.25) is 0 Å². The van der Waals surface area contributed by atoms with E-state index >= 15 is 0 Å². The fourth-order valence-corrected chi connectivity index (χ4v) is 5.08. The lowest BCUT2D eigenvalue weighted by atomic mass is 9.85. The van der Waals surface area contributed by atoms with Crippen LogP contribution in [-0.2, 0) is 0 Å². The molecule has 0 saturated carbocycles. The molecule has 0 unspecified atom stereocenters. The molecule has 0 aromatic heterocycles. The van der Waals surface area contributed by atoms with Crippen LogP contribution in [0.1, 0.15) is 35.3 Å². The summed E-state index contributed by atoms with van der Waals surface area (Å²) in [6, 6.07) is 20.2. The van der Waals surface area contributed by atoms with E-state index in [1.54, 1.807) is 30.3 Å². The molecule has 36 heavy (non-hydrogen) atoms. The monoisotopic (exact) mass is 504 g/mol.